The fourth-order valence-electron chi connectivity index (χ4n) is 4.66. The second kappa shape index (κ2) is 12.6. The highest BCUT2D eigenvalue weighted by Gasteiger charge is 2.54. The predicted octanol–water partition coefficient (Wildman–Crippen LogP) is 0.219. The molecule has 238 valence electrons. The third-order valence-corrected chi connectivity index (χ3v) is 11.2. The van der Waals surface area contributed by atoms with E-state index in [9.17, 15) is 29.2 Å². The van der Waals surface area contributed by atoms with Crippen molar-refractivity contribution >= 4 is 53.0 Å². The Hall–Kier alpha value is -2.86. The van der Waals surface area contributed by atoms with Gasteiger partial charge in [-0.3, -0.25) is 28.4 Å². The number of nitrogens with zero attached hydrogens (tertiary/aromatic N) is 5. The van der Waals surface area contributed by atoms with Gasteiger partial charge in [0.15, 0.2) is 17.4 Å². The van der Waals surface area contributed by atoms with E-state index in [0.29, 0.717) is 0 Å². The monoisotopic (exact) mass is 645 g/mol. The number of aliphatic hydroxyl groups excluding tert-OH is 1. The van der Waals surface area contributed by atoms with Crippen LogP contribution in [0.4, 0.5) is 5.95 Å². The second-order valence-corrected chi connectivity index (χ2v) is 15.0. The minimum absolute atomic E-state index is 0.0520. The summed E-state index contributed by atoms with van der Waals surface area (Å²) in [5.41, 5.74) is 4.30. The quantitative estimate of drug-likeness (QED) is 0.137. The summed E-state index contributed by atoms with van der Waals surface area (Å²) in [5.74, 6) is -2.27. The molecule has 2 aromatic rings. The number of hydrogen-bond acceptors (Lipinski definition) is 15. The van der Waals surface area contributed by atoms with Gasteiger partial charge in [-0.05, 0) is 27.7 Å². The number of carbonyl (C=O) groups excluding carboxylic acids is 3. The van der Waals surface area contributed by atoms with Crippen molar-refractivity contribution in [2.24, 2.45) is 5.92 Å². The number of anilines is 1. The molecule has 4 rings (SSSR count). The lowest BCUT2D eigenvalue weighted by atomic mass is 9.96. The van der Waals surface area contributed by atoms with Gasteiger partial charge in [-0.25, -0.2) is 10.1 Å². The fraction of sp³-hybridized carbons (Fsp3) is 0.667. The predicted molar refractivity (Wildman–Crippen MR) is 153 cm³/mol. The molecular weight excluding hydrogens is 609 g/mol. The maximum absolute atomic E-state index is 14.0. The summed E-state index contributed by atoms with van der Waals surface area (Å²) in [6.07, 6.45) is -3.16. The number of carbonyl (C=O) groups is 3. The van der Waals surface area contributed by atoms with Crippen molar-refractivity contribution in [2.45, 2.75) is 70.3 Å². The number of amides is 2. The lowest BCUT2D eigenvalue weighted by Crippen LogP contribution is -2.44. The van der Waals surface area contributed by atoms with E-state index in [1.165, 1.54) is 38.9 Å². The van der Waals surface area contributed by atoms with Gasteiger partial charge in [0, 0.05) is 19.2 Å². The molecule has 2 fully saturated rings. The lowest BCUT2D eigenvalue weighted by Gasteiger charge is -2.27. The first kappa shape index (κ1) is 33.0. The molecule has 2 aliphatic heterocycles. The van der Waals surface area contributed by atoms with Gasteiger partial charge in [0.1, 0.15) is 23.9 Å². The van der Waals surface area contributed by atoms with Gasteiger partial charge in [0.2, 0.25) is 23.6 Å². The lowest BCUT2D eigenvalue weighted by molar-refractivity contribution is -0.149. The number of imidazole rings is 1. The molecule has 5 N–H and O–H groups in total. The van der Waals surface area contributed by atoms with Crippen molar-refractivity contribution in [1.82, 2.24) is 29.5 Å². The molecule has 17 nitrogen and oxygen atoms in total. The van der Waals surface area contributed by atoms with Crippen LogP contribution in [-0.4, -0.2) is 109 Å². The van der Waals surface area contributed by atoms with E-state index in [1.54, 1.807) is 13.8 Å². The molecule has 7 atom stereocenters. The van der Waals surface area contributed by atoms with Crippen LogP contribution >= 0.6 is 18.1 Å². The topological polar surface area (TPSA) is 231 Å². The van der Waals surface area contributed by atoms with Crippen molar-refractivity contribution in [3.05, 3.63) is 6.33 Å². The summed E-state index contributed by atoms with van der Waals surface area (Å²) in [4.78, 5) is 50.2. The number of fused-ring (bicyclic) bond motifs is 1. The Morgan fingerprint density at radius 3 is 2.65 bits per heavy atom. The number of rotatable bonds is 12. The number of esters is 1. The highest BCUT2D eigenvalue weighted by atomic mass is 32.7. The molecule has 2 saturated heterocycles. The number of hydrogen-bond donors (Lipinski definition) is 4. The molecule has 0 aromatic carbocycles. The van der Waals surface area contributed by atoms with Crippen LogP contribution in [0.1, 0.15) is 40.3 Å². The number of nitrogens with one attached hydrogen (secondary N) is 1. The molecule has 4 heterocycles. The number of nitrogen functional groups attached to an aromatic ring is 1. The Bertz CT molecular complexity index is 1440. The number of nitrogens with two attached hydrogens (primary N) is 1. The van der Waals surface area contributed by atoms with E-state index in [4.69, 9.17) is 24.5 Å². The van der Waals surface area contributed by atoms with Crippen LogP contribution in [-0.2, 0) is 32.9 Å². The summed E-state index contributed by atoms with van der Waals surface area (Å²) in [6, 6.07) is -1.08. The first-order valence-electron chi connectivity index (χ1n) is 13.4. The van der Waals surface area contributed by atoms with E-state index >= 15 is 0 Å². The molecule has 0 saturated carbocycles. The summed E-state index contributed by atoms with van der Waals surface area (Å²) in [7, 11) is 2.75. The zero-order valence-corrected chi connectivity index (χ0v) is 26.2. The van der Waals surface area contributed by atoms with E-state index in [2.05, 4.69) is 20.0 Å². The molecule has 3 unspecified atom stereocenters. The smallest absolute Gasteiger partial charge is 0.327 e. The largest absolute Gasteiger partial charge is 0.479 e. The number of ether oxygens (including phenoxy) is 3. The minimum atomic E-state index is -4.01. The van der Waals surface area contributed by atoms with Crippen LogP contribution in [0.25, 0.3) is 11.2 Å². The molecule has 0 spiro atoms. The number of aliphatic hydroxyl groups is 2. The normalized spacial score (nSPS) is 28.1. The third-order valence-electron chi connectivity index (χ3n) is 6.99. The molecule has 2 amide bonds. The average Bonchev–Trinajstić information content (AvgIpc) is 3.53. The Kier molecular flexibility index (Phi) is 9.71. The Morgan fingerprint density at radius 2 is 2.05 bits per heavy atom. The minimum Gasteiger partial charge on any atom is -0.479 e. The van der Waals surface area contributed by atoms with E-state index in [0.717, 1.165) is 16.3 Å². The molecule has 2 aliphatic rings. The zero-order chi connectivity index (χ0) is 31.9. The van der Waals surface area contributed by atoms with Crippen LogP contribution < -0.4 is 15.6 Å². The standard InChI is InChI=1S/C24H36N7O10PS/c1-11(2)40-21(35)12(3)29-42(37,43-9-13-7-15(32)30(5)20(13)34)39-8-14-17(33)24(4,36)22(41-14)31-10-26-16-18(31)27-23(25)28-19(16)38-6/h10-14,17,22,33,36H,7-9H2,1-6H3,(H,29,37)(H2,25,27,28)/t12-,13?,14-,17-,22?,24-,42?/m1/s1. The molecule has 19 heteroatoms. The maximum atomic E-state index is 14.0. The molecule has 0 radical (unpaired) electrons. The van der Waals surface area contributed by atoms with Crippen molar-refractivity contribution < 1.29 is 47.9 Å². The number of imide groups is 1. The second-order valence-electron chi connectivity index (χ2n) is 10.7. The van der Waals surface area contributed by atoms with Crippen LogP contribution in [0, 0.1) is 5.92 Å². The molecule has 0 bridgehead atoms. The Labute approximate surface area is 251 Å². The van der Waals surface area contributed by atoms with Gasteiger partial charge in [0.25, 0.3) is 0 Å². The van der Waals surface area contributed by atoms with E-state index < -0.39 is 67.3 Å². The first-order chi connectivity index (χ1) is 20.1. The highest BCUT2D eigenvalue weighted by molar-refractivity contribution is 8.56. The number of aromatic nitrogens is 4. The SMILES string of the molecule is COc1nc(N)nc2c1ncn2C1O[C@H](COP(=O)(N[C@H](C)C(=O)OC(C)C)SCC2CC(=O)N(C)C2=O)[C@@H](O)[C@@]1(C)O. The number of likely N-dealkylation sites (tertiary alicyclic amines) is 1. The summed E-state index contributed by atoms with van der Waals surface area (Å²) >= 11 is 0.739. The first-order valence-corrected chi connectivity index (χ1v) is 16.6. The molecule has 2 aromatic heterocycles. The van der Waals surface area contributed by atoms with Crippen LogP contribution in [0.5, 0.6) is 5.88 Å². The summed E-state index contributed by atoms with van der Waals surface area (Å²) in [5, 5.41) is 24.9. The third kappa shape index (κ3) is 6.79. The molecule has 0 aliphatic carbocycles. The Balaban J connectivity index is 1.53. The van der Waals surface area contributed by atoms with Crippen molar-refractivity contribution in [3.8, 4) is 5.88 Å². The van der Waals surface area contributed by atoms with Crippen molar-refractivity contribution in [1.29, 1.82) is 0 Å². The van der Waals surface area contributed by atoms with Gasteiger partial charge >= 0.3 is 12.7 Å². The van der Waals surface area contributed by atoms with E-state index in [1.807, 2.05) is 0 Å². The zero-order valence-electron chi connectivity index (χ0n) is 24.5. The van der Waals surface area contributed by atoms with E-state index in [-0.39, 0.29) is 41.1 Å². The van der Waals surface area contributed by atoms with Gasteiger partial charge in [0.05, 0.1) is 32.1 Å². The van der Waals surface area contributed by atoms with Crippen LogP contribution in [0.15, 0.2) is 6.33 Å². The summed E-state index contributed by atoms with van der Waals surface area (Å²) < 4.78 is 37.5. The Morgan fingerprint density at radius 1 is 1.35 bits per heavy atom. The van der Waals surface area contributed by atoms with Crippen molar-refractivity contribution in [3.63, 3.8) is 0 Å². The fourth-order valence-corrected chi connectivity index (χ4v) is 8.67. The molecular formula is C24H36N7O10PS. The highest BCUT2D eigenvalue weighted by Crippen LogP contribution is 2.58. The van der Waals surface area contributed by atoms with Crippen molar-refractivity contribution in [2.75, 3.05) is 32.3 Å². The van der Waals surface area contributed by atoms with Gasteiger partial charge in [-0.15, -0.1) is 0 Å². The number of methoxy groups -OCH3 is 1. The van der Waals surface area contributed by atoms with Gasteiger partial charge < -0.3 is 34.7 Å². The summed E-state index contributed by atoms with van der Waals surface area (Å²) in [6.45, 7) is 1.59. The molecule has 43 heavy (non-hydrogen) atoms. The average molecular weight is 646 g/mol. The maximum Gasteiger partial charge on any atom is 0.327 e. The van der Waals surface area contributed by atoms with Crippen LogP contribution in [0.3, 0.4) is 0 Å². The van der Waals surface area contributed by atoms with Gasteiger partial charge in [-0.2, -0.15) is 9.97 Å². The van der Waals surface area contributed by atoms with Gasteiger partial charge in [-0.1, -0.05) is 11.4 Å². The van der Waals surface area contributed by atoms with Crippen LogP contribution in [0.2, 0.25) is 0 Å².